The van der Waals surface area contributed by atoms with Gasteiger partial charge in [-0.3, -0.25) is 4.98 Å². The SMILES string of the molecule is CN(C)CCOc1ccc2c(c1)c1cc3cccnc3cc1n2C. The third-order valence-electron chi connectivity index (χ3n) is 4.51. The summed E-state index contributed by atoms with van der Waals surface area (Å²) in [5.74, 6) is 0.920. The molecular formula is C20H21N3O. The average Bonchev–Trinajstić information content (AvgIpc) is 2.85. The Morgan fingerprint density at radius 2 is 1.88 bits per heavy atom. The molecule has 0 aliphatic carbocycles. The number of benzene rings is 2. The summed E-state index contributed by atoms with van der Waals surface area (Å²) >= 11 is 0. The van der Waals surface area contributed by atoms with Crippen LogP contribution in [0.25, 0.3) is 32.7 Å². The first-order chi connectivity index (χ1) is 11.6. The van der Waals surface area contributed by atoms with E-state index in [-0.39, 0.29) is 0 Å². The van der Waals surface area contributed by atoms with Crippen LogP contribution in [0.15, 0.2) is 48.7 Å². The fraction of sp³-hybridized carbons (Fsp3) is 0.250. The number of hydrogen-bond donors (Lipinski definition) is 0. The Kier molecular flexibility index (Phi) is 3.62. The Hall–Kier alpha value is -2.59. The molecule has 0 saturated carbocycles. The lowest BCUT2D eigenvalue weighted by Gasteiger charge is -2.11. The van der Waals surface area contributed by atoms with Crippen molar-refractivity contribution in [3.8, 4) is 5.75 Å². The Balaban J connectivity index is 1.85. The highest BCUT2D eigenvalue weighted by Gasteiger charge is 2.11. The van der Waals surface area contributed by atoms with Gasteiger partial charge in [-0.15, -0.1) is 0 Å². The molecule has 0 radical (unpaired) electrons. The third kappa shape index (κ3) is 2.49. The molecule has 0 N–H and O–H groups in total. The van der Waals surface area contributed by atoms with Crippen LogP contribution in [0.3, 0.4) is 0 Å². The number of aromatic nitrogens is 2. The summed E-state index contributed by atoms with van der Waals surface area (Å²) in [5.41, 5.74) is 3.43. The van der Waals surface area contributed by atoms with Crippen LogP contribution in [0.2, 0.25) is 0 Å². The molecule has 0 saturated heterocycles. The molecule has 0 unspecified atom stereocenters. The first-order valence-corrected chi connectivity index (χ1v) is 8.18. The summed E-state index contributed by atoms with van der Waals surface area (Å²) in [4.78, 5) is 6.60. The number of fused-ring (bicyclic) bond motifs is 4. The van der Waals surface area contributed by atoms with Crippen LogP contribution in [0.5, 0.6) is 5.75 Å². The van der Waals surface area contributed by atoms with Gasteiger partial charge in [-0.1, -0.05) is 6.07 Å². The van der Waals surface area contributed by atoms with E-state index >= 15 is 0 Å². The summed E-state index contributed by atoms with van der Waals surface area (Å²) in [6.45, 7) is 1.60. The monoisotopic (exact) mass is 319 g/mol. The van der Waals surface area contributed by atoms with E-state index in [0.29, 0.717) is 6.61 Å². The minimum atomic E-state index is 0.691. The fourth-order valence-electron chi connectivity index (χ4n) is 3.19. The number of nitrogens with zero attached hydrogens (tertiary/aromatic N) is 3. The summed E-state index contributed by atoms with van der Waals surface area (Å²) < 4.78 is 8.13. The Labute approximate surface area is 141 Å². The van der Waals surface area contributed by atoms with Gasteiger partial charge in [-0.05, 0) is 50.5 Å². The molecule has 122 valence electrons. The minimum absolute atomic E-state index is 0.691. The van der Waals surface area contributed by atoms with Crippen LogP contribution in [-0.4, -0.2) is 41.7 Å². The van der Waals surface area contributed by atoms with Crippen LogP contribution in [-0.2, 0) is 7.05 Å². The van der Waals surface area contributed by atoms with Crippen LogP contribution >= 0.6 is 0 Å². The average molecular weight is 319 g/mol. The third-order valence-corrected chi connectivity index (χ3v) is 4.51. The lowest BCUT2D eigenvalue weighted by atomic mass is 10.1. The van der Waals surface area contributed by atoms with Crippen molar-refractivity contribution in [1.82, 2.24) is 14.5 Å². The van der Waals surface area contributed by atoms with E-state index in [2.05, 4.69) is 72.0 Å². The largest absolute Gasteiger partial charge is 0.492 e. The predicted octanol–water partition coefficient (Wildman–Crippen LogP) is 3.82. The van der Waals surface area contributed by atoms with Crippen molar-refractivity contribution in [3.63, 3.8) is 0 Å². The number of rotatable bonds is 4. The van der Waals surface area contributed by atoms with E-state index in [0.717, 1.165) is 23.2 Å². The number of hydrogen-bond acceptors (Lipinski definition) is 3. The number of pyridine rings is 1. The second-order valence-corrected chi connectivity index (χ2v) is 6.46. The van der Waals surface area contributed by atoms with Gasteiger partial charge in [0.25, 0.3) is 0 Å². The van der Waals surface area contributed by atoms with Crippen molar-refractivity contribution in [1.29, 1.82) is 0 Å². The van der Waals surface area contributed by atoms with Crippen molar-refractivity contribution in [2.45, 2.75) is 0 Å². The molecule has 2 aromatic carbocycles. The van der Waals surface area contributed by atoms with Gasteiger partial charge in [-0.25, -0.2) is 0 Å². The molecule has 24 heavy (non-hydrogen) atoms. The molecule has 0 atom stereocenters. The molecule has 0 fully saturated rings. The quantitative estimate of drug-likeness (QED) is 0.573. The molecule has 0 bridgehead atoms. The minimum Gasteiger partial charge on any atom is -0.492 e. The van der Waals surface area contributed by atoms with E-state index in [1.54, 1.807) is 0 Å². The standard InChI is InChI=1S/C20H21N3O/c1-22(2)9-10-24-15-6-7-19-17(12-15)16-11-14-5-4-8-21-18(14)13-20(16)23(19)3/h4-8,11-13H,9-10H2,1-3H3. The van der Waals surface area contributed by atoms with Gasteiger partial charge < -0.3 is 14.2 Å². The topological polar surface area (TPSA) is 30.3 Å². The first kappa shape index (κ1) is 15.0. The maximum Gasteiger partial charge on any atom is 0.120 e. The molecule has 2 aromatic heterocycles. The van der Waals surface area contributed by atoms with Crippen LogP contribution in [0.1, 0.15) is 0 Å². The van der Waals surface area contributed by atoms with E-state index in [1.165, 1.54) is 21.8 Å². The lowest BCUT2D eigenvalue weighted by Crippen LogP contribution is -2.19. The molecule has 4 rings (SSSR count). The van der Waals surface area contributed by atoms with Gasteiger partial charge >= 0.3 is 0 Å². The molecule has 2 heterocycles. The maximum atomic E-state index is 5.91. The maximum absolute atomic E-state index is 5.91. The number of likely N-dealkylation sites (N-methyl/N-ethyl adjacent to an activating group) is 1. The Morgan fingerprint density at radius 1 is 1.04 bits per heavy atom. The molecule has 0 aliphatic heterocycles. The lowest BCUT2D eigenvalue weighted by molar-refractivity contribution is 0.261. The highest BCUT2D eigenvalue weighted by molar-refractivity contribution is 6.12. The summed E-state index contributed by atoms with van der Waals surface area (Å²) in [5, 5.41) is 3.63. The van der Waals surface area contributed by atoms with Crippen LogP contribution < -0.4 is 4.74 Å². The highest BCUT2D eigenvalue weighted by Crippen LogP contribution is 2.33. The molecule has 4 heteroatoms. The van der Waals surface area contributed by atoms with Crippen LogP contribution in [0, 0.1) is 0 Å². The second-order valence-electron chi connectivity index (χ2n) is 6.46. The van der Waals surface area contributed by atoms with E-state index in [9.17, 15) is 0 Å². The summed E-state index contributed by atoms with van der Waals surface area (Å²) in [7, 11) is 6.21. The number of ether oxygens (including phenoxy) is 1. The first-order valence-electron chi connectivity index (χ1n) is 8.18. The fourth-order valence-corrected chi connectivity index (χ4v) is 3.19. The normalized spacial score (nSPS) is 11.8. The van der Waals surface area contributed by atoms with E-state index < -0.39 is 0 Å². The summed E-state index contributed by atoms with van der Waals surface area (Å²) in [6, 6.07) is 14.8. The zero-order valence-corrected chi connectivity index (χ0v) is 14.3. The van der Waals surface area contributed by atoms with Crippen molar-refractivity contribution in [2.24, 2.45) is 7.05 Å². The molecule has 0 spiro atoms. The van der Waals surface area contributed by atoms with Gasteiger partial charge in [0.2, 0.25) is 0 Å². The predicted molar refractivity (Wildman–Crippen MR) is 99.8 cm³/mol. The van der Waals surface area contributed by atoms with Gasteiger partial charge in [0, 0.05) is 41.5 Å². The zero-order chi connectivity index (χ0) is 16.7. The van der Waals surface area contributed by atoms with Crippen molar-refractivity contribution in [2.75, 3.05) is 27.2 Å². The molecule has 0 aliphatic rings. The number of aryl methyl sites for hydroxylation is 1. The van der Waals surface area contributed by atoms with Crippen molar-refractivity contribution >= 4 is 32.7 Å². The molecular weight excluding hydrogens is 298 g/mol. The molecule has 0 amide bonds. The van der Waals surface area contributed by atoms with Crippen LogP contribution in [0.4, 0.5) is 0 Å². The zero-order valence-electron chi connectivity index (χ0n) is 14.3. The van der Waals surface area contributed by atoms with Gasteiger partial charge in [-0.2, -0.15) is 0 Å². The van der Waals surface area contributed by atoms with Crippen molar-refractivity contribution in [3.05, 3.63) is 48.7 Å². The van der Waals surface area contributed by atoms with Crippen molar-refractivity contribution < 1.29 is 4.74 Å². The highest BCUT2D eigenvalue weighted by atomic mass is 16.5. The molecule has 4 aromatic rings. The van der Waals surface area contributed by atoms with Gasteiger partial charge in [0.15, 0.2) is 0 Å². The van der Waals surface area contributed by atoms with Gasteiger partial charge in [0.1, 0.15) is 12.4 Å². The Morgan fingerprint density at radius 3 is 2.71 bits per heavy atom. The van der Waals surface area contributed by atoms with E-state index in [4.69, 9.17) is 4.74 Å². The smallest absolute Gasteiger partial charge is 0.120 e. The Bertz CT molecular complexity index is 1030. The summed E-state index contributed by atoms with van der Waals surface area (Å²) in [6.07, 6.45) is 1.84. The van der Waals surface area contributed by atoms with E-state index in [1.807, 2.05) is 12.3 Å². The van der Waals surface area contributed by atoms with Gasteiger partial charge in [0.05, 0.1) is 11.0 Å². The second kappa shape index (κ2) is 5.80. The molecule has 4 nitrogen and oxygen atoms in total.